The van der Waals surface area contributed by atoms with Gasteiger partial charge in [-0.15, -0.1) is 0 Å². The van der Waals surface area contributed by atoms with Crippen LogP contribution >= 0.6 is 0 Å². The van der Waals surface area contributed by atoms with Crippen LogP contribution in [-0.2, 0) is 23.9 Å². The predicted molar refractivity (Wildman–Crippen MR) is 78.6 cm³/mol. The summed E-state index contributed by atoms with van der Waals surface area (Å²) in [5.74, 6) is -1.08. The standard InChI is InChI=1S/C16H23NO5/c1-4-21-12(18)10-17-11(3)13(14(19)22-5-2)16(15(17)20)8-6-7-9-16/h4-10H2,1-3H3. The lowest BCUT2D eigenvalue weighted by molar-refractivity contribution is -0.149. The molecule has 2 aliphatic rings. The van der Waals surface area contributed by atoms with Crippen LogP contribution in [0, 0.1) is 5.41 Å². The third kappa shape index (κ3) is 2.62. The predicted octanol–water partition coefficient (Wildman–Crippen LogP) is 1.79. The minimum absolute atomic E-state index is 0.150. The third-order valence-electron chi connectivity index (χ3n) is 4.43. The van der Waals surface area contributed by atoms with Crippen LogP contribution in [0.4, 0.5) is 0 Å². The minimum atomic E-state index is -0.803. The van der Waals surface area contributed by atoms with E-state index in [1.165, 1.54) is 4.90 Å². The number of carbonyl (C=O) groups is 3. The van der Waals surface area contributed by atoms with Gasteiger partial charge in [0, 0.05) is 5.70 Å². The molecule has 1 aliphatic carbocycles. The lowest BCUT2D eigenvalue weighted by atomic mass is 9.79. The average Bonchev–Trinajstić information content (AvgIpc) is 3.01. The van der Waals surface area contributed by atoms with E-state index < -0.39 is 17.4 Å². The van der Waals surface area contributed by atoms with Gasteiger partial charge in [-0.2, -0.15) is 0 Å². The summed E-state index contributed by atoms with van der Waals surface area (Å²) in [5.41, 5.74) is 0.155. The normalized spacial score (nSPS) is 20.0. The fourth-order valence-corrected chi connectivity index (χ4v) is 3.51. The van der Waals surface area contributed by atoms with Gasteiger partial charge in [0.15, 0.2) is 0 Å². The van der Waals surface area contributed by atoms with Crippen molar-refractivity contribution in [2.75, 3.05) is 19.8 Å². The van der Waals surface area contributed by atoms with E-state index in [0.29, 0.717) is 24.1 Å². The summed E-state index contributed by atoms with van der Waals surface area (Å²) in [6.45, 7) is 5.54. The molecule has 0 aromatic heterocycles. The SMILES string of the molecule is CCOC(=O)CN1C(=O)C2(CCCC2)C(C(=O)OCC)=C1C. The molecule has 1 heterocycles. The van der Waals surface area contributed by atoms with Crippen molar-refractivity contribution in [1.29, 1.82) is 0 Å². The molecule has 2 rings (SSSR count). The molecule has 1 fully saturated rings. The minimum Gasteiger partial charge on any atom is -0.465 e. The molecule has 0 saturated heterocycles. The number of rotatable bonds is 5. The summed E-state index contributed by atoms with van der Waals surface area (Å²) >= 11 is 0. The van der Waals surface area contributed by atoms with Crippen LogP contribution in [0.1, 0.15) is 46.5 Å². The Kier molecular flexibility index (Phi) is 4.88. The van der Waals surface area contributed by atoms with Crippen molar-refractivity contribution < 1.29 is 23.9 Å². The molecule has 0 unspecified atom stereocenters. The largest absolute Gasteiger partial charge is 0.465 e. The Balaban J connectivity index is 2.35. The van der Waals surface area contributed by atoms with E-state index in [1.54, 1.807) is 20.8 Å². The Labute approximate surface area is 130 Å². The summed E-state index contributed by atoms with van der Waals surface area (Å²) in [7, 11) is 0. The van der Waals surface area contributed by atoms with Crippen molar-refractivity contribution in [1.82, 2.24) is 4.90 Å². The molecule has 1 amide bonds. The quantitative estimate of drug-likeness (QED) is 0.724. The van der Waals surface area contributed by atoms with Gasteiger partial charge in [0.25, 0.3) is 0 Å². The summed E-state index contributed by atoms with van der Waals surface area (Å²) in [6.07, 6.45) is 3.07. The molecule has 6 heteroatoms. The lowest BCUT2D eigenvalue weighted by Gasteiger charge is -2.25. The number of hydrogen-bond acceptors (Lipinski definition) is 5. The molecular weight excluding hydrogens is 286 g/mol. The van der Waals surface area contributed by atoms with Crippen LogP contribution in [0.2, 0.25) is 0 Å². The van der Waals surface area contributed by atoms with Crippen LogP contribution in [0.5, 0.6) is 0 Å². The first-order valence-corrected chi connectivity index (χ1v) is 7.84. The van der Waals surface area contributed by atoms with Gasteiger partial charge in [-0.05, 0) is 33.6 Å². The number of ether oxygens (including phenoxy) is 2. The van der Waals surface area contributed by atoms with Gasteiger partial charge in [0.05, 0.1) is 24.2 Å². The van der Waals surface area contributed by atoms with Crippen LogP contribution in [-0.4, -0.2) is 42.5 Å². The van der Waals surface area contributed by atoms with E-state index in [1.807, 2.05) is 0 Å². The highest BCUT2D eigenvalue weighted by atomic mass is 16.5. The van der Waals surface area contributed by atoms with E-state index >= 15 is 0 Å². The second-order valence-electron chi connectivity index (χ2n) is 5.67. The van der Waals surface area contributed by atoms with Crippen LogP contribution < -0.4 is 0 Å². The van der Waals surface area contributed by atoms with E-state index in [4.69, 9.17) is 9.47 Å². The highest BCUT2D eigenvalue weighted by molar-refractivity contribution is 6.05. The van der Waals surface area contributed by atoms with Crippen molar-refractivity contribution in [3.05, 3.63) is 11.3 Å². The molecule has 0 N–H and O–H groups in total. The molecule has 0 radical (unpaired) electrons. The molecule has 1 spiro atoms. The van der Waals surface area contributed by atoms with Gasteiger partial charge in [-0.3, -0.25) is 9.59 Å². The summed E-state index contributed by atoms with van der Waals surface area (Å²) < 4.78 is 10.1. The zero-order chi connectivity index (χ0) is 16.3. The molecule has 1 aliphatic heterocycles. The summed E-state index contributed by atoms with van der Waals surface area (Å²) in [4.78, 5) is 38.3. The van der Waals surface area contributed by atoms with Crippen LogP contribution in [0.25, 0.3) is 0 Å². The molecule has 0 bridgehead atoms. The Morgan fingerprint density at radius 1 is 1.14 bits per heavy atom. The van der Waals surface area contributed by atoms with E-state index in [2.05, 4.69) is 0 Å². The second-order valence-corrected chi connectivity index (χ2v) is 5.67. The summed E-state index contributed by atoms with van der Waals surface area (Å²) in [5, 5.41) is 0. The number of allylic oxidation sites excluding steroid dienone is 1. The highest BCUT2D eigenvalue weighted by Crippen LogP contribution is 2.51. The Morgan fingerprint density at radius 3 is 2.27 bits per heavy atom. The van der Waals surface area contributed by atoms with Crippen molar-refractivity contribution in [3.8, 4) is 0 Å². The van der Waals surface area contributed by atoms with Gasteiger partial charge in [0.2, 0.25) is 5.91 Å². The Morgan fingerprint density at radius 2 is 1.73 bits per heavy atom. The van der Waals surface area contributed by atoms with Crippen molar-refractivity contribution >= 4 is 17.8 Å². The molecule has 122 valence electrons. The second kappa shape index (κ2) is 6.50. The van der Waals surface area contributed by atoms with Crippen molar-refractivity contribution in [2.45, 2.75) is 46.5 Å². The van der Waals surface area contributed by atoms with E-state index in [9.17, 15) is 14.4 Å². The topological polar surface area (TPSA) is 72.9 Å². The molecule has 1 saturated carbocycles. The number of esters is 2. The number of nitrogens with zero attached hydrogens (tertiary/aromatic N) is 1. The average molecular weight is 309 g/mol. The highest BCUT2D eigenvalue weighted by Gasteiger charge is 2.55. The Bertz CT molecular complexity index is 517. The Hall–Kier alpha value is -1.85. The monoisotopic (exact) mass is 309 g/mol. The van der Waals surface area contributed by atoms with Crippen LogP contribution in [0.3, 0.4) is 0 Å². The van der Waals surface area contributed by atoms with Gasteiger partial charge in [0.1, 0.15) is 6.54 Å². The van der Waals surface area contributed by atoms with Crippen molar-refractivity contribution in [2.24, 2.45) is 5.41 Å². The zero-order valence-corrected chi connectivity index (χ0v) is 13.4. The fraction of sp³-hybridized carbons (Fsp3) is 0.688. The molecular formula is C16H23NO5. The molecule has 0 aromatic rings. The number of carbonyl (C=O) groups excluding carboxylic acids is 3. The van der Waals surface area contributed by atoms with Gasteiger partial charge in [-0.25, -0.2) is 4.79 Å². The number of amides is 1. The van der Waals surface area contributed by atoms with Gasteiger partial charge < -0.3 is 14.4 Å². The first kappa shape index (κ1) is 16.5. The van der Waals surface area contributed by atoms with E-state index in [0.717, 1.165) is 12.8 Å². The molecule has 0 atom stereocenters. The zero-order valence-electron chi connectivity index (χ0n) is 13.4. The molecule has 6 nitrogen and oxygen atoms in total. The lowest BCUT2D eigenvalue weighted by Crippen LogP contribution is -2.39. The first-order chi connectivity index (χ1) is 10.5. The maximum absolute atomic E-state index is 12.9. The third-order valence-corrected chi connectivity index (χ3v) is 4.43. The van der Waals surface area contributed by atoms with Gasteiger partial charge >= 0.3 is 11.9 Å². The smallest absolute Gasteiger partial charge is 0.336 e. The maximum atomic E-state index is 12.9. The van der Waals surface area contributed by atoms with Gasteiger partial charge in [-0.1, -0.05) is 12.8 Å². The molecule has 0 aromatic carbocycles. The maximum Gasteiger partial charge on any atom is 0.336 e. The first-order valence-electron chi connectivity index (χ1n) is 7.84. The van der Waals surface area contributed by atoms with Crippen LogP contribution in [0.15, 0.2) is 11.3 Å². The fourth-order valence-electron chi connectivity index (χ4n) is 3.51. The summed E-state index contributed by atoms with van der Waals surface area (Å²) in [6, 6.07) is 0. The van der Waals surface area contributed by atoms with E-state index in [-0.39, 0.29) is 25.7 Å². The number of hydrogen-bond donors (Lipinski definition) is 0. The van der Waals surface area contributed by atoms with Crippen molar-refractivity contribution in [3.63, 3.8) is 0 Å². The molecule has 22 heavy (non-hydrogen) atoms.